The molecule has 0 amide bonds. The molecule has 0 saturated carbocycles. The third-order valence-corrected chi connectivity index (χ3v) is 5.14. The molecule has 30 heavy (non-hydrogen) atoms. The van der Waals surface area contributed by atoms with Crippen molar-refractivity contribution in [3.05, 3.63) is 95.5 Å². The Hall–Kier alpha value is -3.58. The van der Waals surface area contributed by atoms with Crippen molar-refractivity contribution in [3.8, 4) is 22.8 Å². The molecule has 5 rings (SSSR count). The van der Waals surface area contributed by atoms with Gasteiger partial charge in [0.2, 0.25) is 0 Å². The molecule has 2 aromatic carbocycles. The number of rotatable bonds is 4. The number of benzene rings is 2. The van der Waals surface area contributed by atoms with Crippen molar-refractivity contribution in [3.63, 3.8) is 0 Å². The van der Waals surface area contributed by atoms with Gasteiger partial charge in [0.1, 0.15) is 28.7 Å². The molecular weight excluding hydrogens is 445 g/mol. The predicted octanol–water partition coefficient (Wildman–Crippen LogP) is 6.10. The van der Waals surface area contributed by atoms with E-state index in [2.05, 4.69) is 31.2 Å². The van der Waals surface area contributed by atoms with E-state index in [1.54, 1.807) is 22.7 Å². The summed E-state index contributed by atoms with van der Waals surface area (Å²) in [6, 6.07) is 22.4. The maximum Gasteiger partial charge on any atom is 0.180 e. The molecule has 3 heterocycles. The van der Waals surface area contributed by atoms with E-state index in [0.29, 0.717) is 28.7 Å². The fourth-order valence-electron chi connectivity index (χ4n) is 3.25. The number of anilines is 2. The number of nitrogens with zero attached hydrogens (tertiary/aromatic N) is 4. The smallest absolute Gasteiger partial charge is 0.180 e. The van der Waals surface area contributed by atoms with Crippen molar-refractivity contribution in [2.45, 2.75) is 0 Å². The van der Waals surface area contributed by atoms with Crippen LogP contribution < -0.4 is 5.32 Å². The minimum absolute atomic E-state index is 0.357. The van der Waals surface area contributed by atoms with Gasteiger partial charge in [0, 0.05) is 28.1 Å². The maximum atomic E-state index is 14.0. The molecule has 0 aliphatic rings. The van der Waals surface area contributed by atoms with E-state index < -0.39 is 0 Å². The van der Waals surface area contributed by atoms with E-state index in [9.17, 15) is 4.39 Å². The summed E-state index contributed by atoms with van der Waals surface area (Å²) in [6.45, 7) is 0. The molecule has 0 spiro atoms. The number of pyridine rings is 1. The van der Waals surface area contributed by atoms with Gasteiger partial charge in [0.05, 0.1) is 0 Å². The molecule has 0 unspecified atom stereocenters. The van der Waals surface area contributed by atoms with E-state index in [1.807, 2.05) is 54.6 Å². The van der Waals surface area contributed by atoms with E-state index in [1.165, 1.54) is 12.3 Å². The molecule has 5 aromatic rings. The normalized spacial score (nSPS) is 11.0. The van der Waals surface area contributed by atoms with Crippen molar-refractivity contribution < 1.29 is 4.39 Å². The topological polar surface area (TPSA) is 55.1 Å². The highest BCUT2D eigenvalue weighted by atomic mass is 79.9. The molecule has 7 heteroatoms. The molecule has 5 nitrogen and oxygen atoms in total. The van der Waals surface area contributed by atoms with Crippen LogP contribution in [0, 0.1) is 5.82 Å². The molecule has 0 saturated heterocycles. The van der Waals surface area contributed by atoms with Gasteiger partial charge in [-0.1, -0.05) is 46.3 Å². The predicted molar refractivity (Wildman–Crippen MR) is 119 cm³/mol. The van der Waals surface area contributed by atoms with E-state index >= 15 is 0 Å². The van der Waals surface area contributed by atoms with E-state index in [4.69, 9.17) is 4.98 Å². The average molecular weight is 460 g/mol. The second-order valence-corrected chi connectivity index (χ2v) is 7.56. The van der Waals surface area contributed by atoms with Crippen molar-refractivity contribution in [1.29, 1.82) is 0 Å². The lowest BCUT2D eigenvalue weighted by atomic mass is 10.1. The molecule has 3 aromatic heterocycles. The Kier molecular flexibility index (Phi) is 4.72. The summed E-state index contributed by atoms with van der Waals surface area (Å²) in [7, 11) is 0. The zero-order valence-electron chi connectivity index (χ0n) is 15.6. The Morgan fingerprint density at radius 2 is 1.67 bits per heavy atom. The van der Waals surface area contributed by atoms with Gasteiger partial charge in [-0.3, -0.25) is 4.40 Å². The van der Waals surface area contributed by atoms with Gasteiger partial charge in [0.15, 0.2) is 5.82 Å². The first-order chi connectivity index (χ1) is 14.7. The minimum Gasteiger partial charge on any atom is -0.340 e. The number of aromatic nitrogens is 4. The van der Waals surface area contributed by atoms with E-state index in [-0.39, 0.29) is 5.82 Å². The Bertz CT molecular complexity index is 1330. The molecule has 0 atom stereocenters. The van der Waals surface area contributed by atoms with Crippen LogP contribution in [-0.4, -0.2) is 19.4 Å². The number of imidazole rings is 1. The van der Waals surface area contributed by atoms with Gasteiger partial charge < -0.3 is 5.32 Å². The lowest BCUT2D eigenvalue weighted by Crippen LogP contribution is -1.99. The average Bonchev–Trinajstić information content (AvgIpc) is 3.15. The van der Waals surface area contributed by atoms with Crippen LogP contribution in [0.3, 0.4) is 0 Å². The van der Waals surface area contributed by atoms with Crippen molar-refractivity contribution in [1.82, 2.24) is 19.4 Å². The Labute approximate surface area is 180 Å². The third-order valence-electron chi connectivity index (χ3n) is 4.61. The number of hydrogen-bond donors (Lipinski definition) is 1. The number of nitrogens with one attached hydrogen (secondary N) is 1. The standard InChI is InChI=1S/C23H15BrFN5/c24-16-6-9-18(10-7-16)27-19-12-13-26-23(28-19)22-21(15-4-2-1-3-5-15)29-20-11-8-17(25)14-30(20)22/h1-14H,(H,26,27,28). The molecule has 0 radical (unpaired) electrons. The number of hydrogen-bond acceptors (Lipinski definition) is 4. The van der Waals surface area contributed by atoms with Gasteiger partial charge >= 0.3 is 0 Å². The summed E-state index contributed by atoms with van der Waals surface area (Å²) in [5, 5.41) is 3.28. The van der Waals surface area contributed by atoms with Gasteiger partial charge in [-0.05, 0) is 42.5 Å². The largest absolute Gasteiger partial charge is 0.340 e. The number of fused-ring (bicyclic) bond motifs is 1. The third kappa shape index (κ3) is 3.55. The lowest BCUT2D eigenvalue weighted by Gasteiger charge is -2.08. The molecule has 146 valence electrons. The van der Waals surface area contributed by atoms with Crippen LogP contribution in [0.15, 0.2) is 89.7 Å². The Balaban J connectivity index is 1.65. The summed E-state index contributed by atoms with van der Waals surface area (Å²) in [4.78, 5) is 13.9. The minimum atomic E-state index is -0.357. The summed E-state index contributed by atoms with van der Waals surface area (Å²) < 4.78 is 16.7. The Morgan fingerprint density at radius 1 is 0.867 bits per heavy atom. The monoisotopic (exact) mass is 459 g/mol. The zero-order valence-corrected chi connectivity index (χ0v) is 17.2. The van der Waals surface area contributed by atoms with Crippen LogP contribution in [0.1, 0.15) is 0 Å². The highest BCUT2D eigenvalue weighted by Gasteiger charge is 2.19. The van der Waals surface area contributed by atoms with Gasteiger partial charge in [-0.15, -0.1) is 0 Å². The number of halogens is 2. The SMILES string of the molecule is Fc1ccc2nc(-c3ccccc3)c(-c3nccc(Nc4ccc(Br)cc4)n3)n2c1. The molecule has 0 bridgehead atoms. The molecular formula is C23H15BrFN5. The summed E-state index contributed by atoms with van der Waals surface area (Å²) in [5.41, 5.74) is 3.76. The molecule has 0 aliphatic heterocycles. The highest BCUT2D eigenvalue weighted by molar-refractivity contribution is 9.10. The van der Waals surface area contributed by atoms with E-state index in [0.717, 1.165) is 15.7 Å². The van der Waals surface area contributed by atoms with Crippen LogP contribution >= 0.6 is 15.9 Å². The summed E-state index contributed by atoms with van der Waals surface area (Å²) >= 11 is 3.43. The van der Waals surface area contributed by atoms with Crippen LogP contribution in [0.25, 0.3) is 28.4 Å². The first-order valence-electron chi connectivity index (χ1n) is 9.26. The van der Waals surface area contributed by atoms with Gasteiger partial charge in [0.25, 0.3) is 0 Å². The van der Waals surface area contributed by atoms with Crippen molar-refractivity contribution in [2.75, 3.05) is 5.32 Å². The Morgan fingerprint density at radius 3 is 2.47 bits per heavy atom. The maximum absolute atomic E-state index is 14.0. The van der Waals surface area contributed by atoms with Crippen LogP contribution in [0.2, 0.25) is 0 Å². The van der Waals surface area contributed by atoms with Crippen molar-refractivity contribution in [2.24, 2.45) is 0 Å². The van der Waals surface area contributed by atoms with Crippen LogP contribution in [0.5, 0.6) is 0 Å². The fourth-order valence-corrected chi connectivity index (χ4v) is 3.52. The summed E-state index contributed by atoms with van der Waals surface area (Å²) in [5.74, 6) is 0.728. The second kappa shape index (κ2) is 7.68. The fraction of sp³-hybridized carbons (Fsp3) is 0. The quantitative estimate of drug-likeness (QED) is 0.352. The summed E-state index contributed by atoms with van der Waals surface area (Å²) in [6.07, 6.45) is 3.08. The first kappa shape index (κ1) is 18.4. The molecule has 1 N–H and O–H groups in total. The van der Waals surface area contributed by atoms with Gasteiger partial charge in [-0.2, -0.15) is 0 Å². The van der Waals surface area contributed by atoms with Crippen molar-refractivity contribution >= 4 is 33.1 Å². The second-order valence-electron chi connectivity index (χ2n) is 6.65. The first-order valence-corrected chi connectivity index (χ1v) is 10.1. The lowest BCUT2D eigenvalue weighted by molar-refractivity contribution is 0.619. The molecule has 0 aliphatic carbocycles. The zero-order chi connectivity index (χ0) is 20.5. The molecule has 0 fully saturated rings. The highest BCUT2D eigenvalue weighted by Crippen LogP contribution is 2.31. The van der Waals surface area contributed by atoms with Crippen LogP contribution in [0.4, 0.5) is 15.9 Å². The van der Waals surface area contributed by atoms with Gasteiger partial charge in [-0.25, -0.2) is 19.3 Å². The van der Waals surface area contributed by atoms with Crippen LogP contribution in [-0.2, 0) is 0 Å².